The molecule has 1 aromatic carbocycles. The molecule has 31 heavy (non-hydrogen) atoms. The van der Waals surface area contributed by atoms with Gasteiger partial charge in [-0.25, -0.2) is 4.98 Å². The van der Waals surface area contributed by atoms with Gasteiger partial charge in [0, 0.05) is 23.7 Å². The molecule has 6 heteroatoms. The van der Waals surface area contributed by atoms with Gasteiger partial charge in [-0.15, -0.1) is 11.3 Å². The number of carbonyl (C=O) groups is 1. The maximum atomic E-state index is 12.3. The molecule has 0 saturated carbocycles. The molecule has 0 radical (unpaired) electrons. The average molecular weight is 443 g/mol. The topological polar surface area (TPSA) is 60.5 Å². The lowest BCUT2D eigenvalue weighted by atomic mass is 9.99. The van der Waals surface area contributed by atoms with Crippen LogP contribution in [0.3, 0.4) is 0 Å². The Labute approximate surface area is 190 Å². The second-order valence-electron chi connectivity index (χ2n) is 7.45. The quantitative estimate of drug-likeness (QED) is 0.314. The summed E-state index contributed by atoms with van der Waals surface area (Å²) in [6, 6.07) is 6.06. The van der Waals surface area contributed by atoms with Gasteiger partial charge >= 0.3 is 0 Å². The van der Waals surface area contributed by atoms with Crippen molar-refractivity contribution in [3.8, 4) is 11.5 Å². The van der Waals surface area contributed by atoms with Gasteiger partial charge in [0.05, 0.1) is 19.2 Å². The number of nitrogens with zero attached hydrogens (tertiary/aromatic N) is 1. The average Bonchev–Trinajstić information content (AvgIpc) is 3.29. The number of rotatable bonds is 13. The molecule has 2 rings (SSSR count). The van der Waals surface area contributed by atoms with Crippen LogP contribution < -0.4 is 14.8 Å². The van der Waals surface area contributed by atoms with Crippen molar-refractivity contribution in [3.05, 3.63) is 58.6 Å². The van der Waals surface area contributed by atoms with E-state index in [1.807, 2.05) is 48.9 Å². The van der Waals surface area contributed by atoms with Crippen molar-refractivity contribution in [1.29, 1.82) is 0 Å². The van der Waals surface area contributed by atoms with Crippen LogP contribution in [0.15, 0.2) is 48.0 Å². The molecule has 0 spiro atoms. The summed E-state index contributed by atoms with van der Waals surface area (Å²) in [6.45, 7) is 4.21. The number of allylic oxidation sites excluding steroid dienone is 3. The molecule has 1 atom stereocenters. The highest BCUT2D eigenvalue weighted by Crippen LogP contribution is 2.32. The molecule has 1 heterocycles. The summed E-state index contributed by atoms with van der Waals surface area (Å²) >= 11 is 1.68. The molecule has 0 fully saturated rings. The molecule has 168 valence electrons. The van der Waals surface area contributed by atoms with E-state index in [2.05, 4.69) is 17.2 Å². The van der Waals surface area contributed by atoms with E-state index in [1.165, 1.54) is 5.57 Å². The van der Waals surface area contributed by atoms with Crippen LogP contribution in [0.2, 0.25) is 0 Å². The molecule has 1 aromatic heterocycles. The standard InChI is InChI=1S/C25H34N2O3S/c1-5-6-10-20(21-14-15-22(29-3)23(18-21)30-4)11-8-12-24(28)27-19(2)9-7-13-25-26-16-17-31-25/h8,11-12,14-19H,5-7,9-10,13H2,1-4H3,(H,27,28)/b12-8+,20-11+/t19-/m1/s1. The summed E-state index contributed by atoms with van der Waals surface area (Å²) in [5.41, 5.74) is 2.25. The second-order valence-corrected chi connectivity index (χ2v) is 8.43. The highest BCUT2D eigenvalue weighted by Gasteiger charge is 2.08. The van der Waals surface area contributed by atoms with Gasteiger partial charge in [-0.1, -0.05) is 31.6 Å². The molecule has 5 nitrogen and oxygen atoms in total. The number of hydrogen-bond acceptors (Lipinski definition) is 5. The van der Waals surface area contributed by atoms with Crippen LogP contribution in [0.1, 0.15) is 56.5 Å². The number of benzene rings is 1. The van der Waals surface area contributed by atoms with Crippen molar-refractivity contribution >= 4 is 22.8 Å². The summed E-state index contributed by atoms with van der Waals surface area (Å²) in [5, 5.41) is 6.19. The molecule has 0 bridgehead atoms. The molecule has 1 N–H and O–H groups in total. The van der Waals surface area contributed by atoms with E-state index in [0.29, 0.717) is 11.5 Å². The highest BCUT2D eigenvalue weighted by molar-refractivity contribution is 7.09. The maximum absolute atomic E-state index is 12.3. The maximum Gasteiger partial charge on any atom is 0.244 e. The summed E-state index contributed by atoms with van der Waals surface area (Å²) in [5.74, 6) is 1.34. The van der Waals surface area contributed by atoms with E-state index >= 15 is 0 Å². The lowest BCUT2D eigenvalue weighted by molar-refractivity contribution is -0.117. The van der Waals surface area contributed by atoms with E-state index in [-0.39, 0.29) is 11.9 Å². The Balaban J connectivity index is 1.94. The van der Waals surface area contributed by atoms with Crippen molar-refractivity contribution in [3.63, 3.8) is 0 Å². The summed E-state index contributed by atoms with van der Waals surface area (Å²) < 4.78 is 10.8. The van der Waals surface area contributed by atoms with E-state index in [9.17, 15) is 4.79 Å². The summed E-state index contributed by atoms with van der Waals surface area (Å²) in [4.78, 5) is 16.6. The minimum absolute atomic E-state index is 0.0693. The van der Waals surface area contributed by atoms with Crippen LogP contribution in [-0.4, -0.2) is 31.2 Å². The lowest BCUT2D eigenvalue weighted by Crippen LogP contribution is -2.31. The van der Waals surface area contributed by atoms with Crippen LogP contribution >= 0.6 is 11.3 Å². The fourth-order valence-electron chi connectivity index (χ4n) is 3.28. The van der Waals surface area contributed by atoms with Crippen LogP contribution in [0.25, 0.3) is 5.57 Å². The van der Waals surface area contributed by atoms with Crippen molar-refractivity contribution in [2.45, 2.75) is 58.4 Å². The predicted octanol–water partition coefficient (Wildman–Crippen LogP) is 5.82. The van der Waals surface area contributed by atoms with Gasteiger partial charge < -0.3 is 14.8 Å². The number of amides is 1. The minimum Gasteiger partial charge on any atom is -0.493 e. The number of nitrogens with one attached hydrogen (secondary N) is 1. The highest BCUT2D eigenvalue weighted by atomic mass is 32.1. The van der Waals surface area contributed by atoms with E-state index in [4.69, 9.17) is 9.47 Å². The Kier molecular flexibility index (Phi) is 10.9. The van der Waals surface area contributed by atoms with Gasteiger partial charge in [-0.2, -0.15) is 0 Å². The number of ether oxygens (including phenoxy) is 2. The minimum atomic E-state index is -0.0693. The molecule has 1 amide bonds. The zero-order chi connectivity index (χ0) is 22.5. The molecule has 2 aromatic rings. The smallest absolute Gasteiger partial charge is 0.244 e. The lowest BCUT2D eigenvalue weighted by Gasteiger charge is -2.12. The normalized spacial score (nSPS) is 12.7. The molecule has 0 aliphatic heterocycles. The predicted molar refractivity (Wildman–Crippen MR) is 129 cm³/mol. The fourth-order valence-corrected chi connectivity index (χ4v) is 3.94. The zero-order valence-electron chi connectivity index (χ0n) is 19.0. The number of aryl methyl sites for hydroxylation is 1. The first-order valence-corrected chi connectivity index (χ1v) is 11.7. The van der Waals surface area contributed by atoms with E-state index < -0.39 is 0 Å². The largest absolute Gasteiger partial charge is 0.493 e. The van der Waals surface area contributed by atoms with Crippen molar-refractivity contribution in [2.75, 3.05) is 14.2 Å². The number of aromatic nitrogens is 1. The van der Waals surface area contributed by atoms with Crippen LogP contribution in [0.4, 0.5) is 0 Å². The molecule has 0 aliphatic carbocycles. The van der Waals surface area contributed by atoms with Gasteiger partial charge in [0.15, 0.2) is 11.5 Å². The number of unbranched alkanes of at least 4 members (excludes halogenated alkanes) is 1. The number of hydrogen-bond donors (Lipinski definition) is 1. The Hall–Kier alpha value is -2.60. The van der Waals surface area contributed by atoms with Crippen LogP contribution in [0, 0.1) is 0 Å². The molecule has 0 aliphatic rings. The third kappa shape index (κ3) is 8.58. The third-order valence-corrected chi connectivity index (χ3v) is 5.84. The SMILES string of the molecule is CCCC/C(=C\C=C\C(=O)N[C@H](C)CCCc1nccs1)c1ccc(OC)c(OC)c1. The Morgan fingerprint density at radius 2 is 2.03 bits per heavy atom. The van der Waals surface area contributed by atoms with Crippen molar-refractivity contribution in [2.24, 2.45) is 0 Å². The van der Waals surface area contributed by atoms with E-state index in [1.54, 1.807) is 31.6 Å². The molecular formula is C25H34N2O3S. The first-order chi connectivity index (χ1) is 15.1. The van der Waals surface area contributed by atoms with Crippen molar-refractivity contribution < 1.29 is 14.3 Å². The first kappa shape index (κ1) is 24.7. The number of carbonyl (C=O) groups excluding carboxylic acids is 1. The first-order valence-electron chi connectivity index (χ1n) is 10.9. The second kappa shape index (κ2) is 13.7. The Bertz CT molecular complexity index is 860. The van der Waals surface area contributed by atoms with Crippen LogP contribution in [0.5, 0.6) is 11.5 Å². The van der Waals surface area contributed by atoms with E-state index in [0.717, 1.165) is 49.1 Å². The monoisotopic (exact) mass is 442 g/mol. The van der Waals surface area contributed by atoms with Gasteiger partial charge in [0.25, 0.3) is 0 Å². The van der Waals surface area contributed by atoms with Gasteiger partial charge in [0.1, 0.15) is 0 Å². The Morgan fingerprint density at radius 3 is 2.71 bits per heavy atom. The number of methoxy groups -OCH3 is 2. The molecule has 0 unspecified atom stereocenters. The molecular weight excluding hydrogens is 408 g/mol. The van der Waals surface area contributed by atoms with Crippen LogP contribution in [-0.2, 0) is 11.2 Å². The zero-order valence-corrected chi connectivity index (χ0v) is 19.8. The fraction of sp³-hybridized carbons (Fsp3) is 0.440. The van der Waals surface area contributed by atoms with Gasteiger partial charge in [0.2, 0.25) is 5.91 Å². The number of thiazole rings is 1. The Morgan fingerprint density at radius 1 is 1.23 bits per heavy atom. The van der Waals surface area contributed by atoms with Crippen molar-refractivity contribution in [1.82, 2.24) is 10.3 Å². The van der Waals surface area contributed by atoms with Gasteiger partial charge in [-0.05, 0) is 62.3 Å². The summed E-state index contributed by atoms with van der Waals surface area (Å²) in [6.07, 6.45) is 13.3. The van der Waals surface area contributed by atoms with Gasteiger partial charge in [-0.3, -0.25) is 4.79 Å². The molecule has 0 saturated heterocycles. The third-order valence-electron chi connectivity index (χ3n) is 5.00. The summed E-state index contributed by atoms with van der Waals surface area (Å²) in [7, 11) is 3.27.